The minimum atomic E-state index is -3.67. The Balaban J connectivity index is 1.84. The van der Waals surface area contributed by atoms with E-state index in [9.17, 15) is 18.5 Å². The molecule has 1 aliphatic heterocycles. The van der Waals surface area contributed by atoms with Crippen LogP contribution in [0.5, 0.6) is 0 Å². The summed E-state index contributed by atoms with van der Waals surface area (Å²) >= 11 is 11.7. The van der Waals surface area contributed by atoms with E-state index in [1.54, 1.807) is 19.1 Å². The molecule has 0 bridgehead atoms. The Morgan fingerprint density at radius 3 is 2.30 bits per heavy atom. The number of hydrogen-bond donors (Lipinski definition) is 0. The first-order valence-electron chi connectivity index (χ1n) is 8.16. The lowest BCUT2D eigenvalue weighted by molar-refractivity contribution is -0.384. The summed E-state index contributed by atoms with van der Waals surface area (Å²) in [5, 5.41) is 12.1. The zero-order valence-electron chi connectivity index (χ0n) is 14.4. The van der Waals surface area contributed by atoms with Crippen LogP contribution in [0.4, 0.5) is 11.4 Å². The molecule has 0 N–H and O–H groups in total. The van der Waals surface area contributed by atoms with Crippen LogP contribution in [-0.4, -0.2) is 43.3 Å². The molecule has 1 aliphatic rings. The molecule has 10 heteroatoms. The van der Waals surface area contributed by atoms with Crippen molar-refractivity contribution in [3.63, 3.8) is 0 Å². The van der Waals surface area contributed by atoms with Gasteiger partial charge in [0.15, 0.2) is 0 Å². The molecule has 27 heavy (non-hydrogen) atoms. The predicted octanol–water partition coefficient (Wildman–Crippen LogP) is 3.80. The zero-order valence-corrected chi connectivity index (χ0v) is 16.7. The highest BCUT2D eigenvalue weighted by Gasteiger charge is 2.35. The molecule has 0 spiro atoms. The largest absolute Gasteiger partial charge is 0.363 e. The van der Waals surface area contributed by atoms with E-state index in [0.29, 0.717) is 23.8 Å². The number of piperazine rings is 1. The molecule has 0 unspecified atom stereocenters. The van der Waals surface area contributed by atoms with Crippen molar-refractivity contribution in [3.8, 4) is 0 Å². The van der Waals surface area contributed by atoms with Gasteiger partial charge < -0.3 is 4.90 Å². The zero-order chi connectivity index (χ0) is 19.8. The molecule has 0 aromatic heterocycles. The highest BCUT2D eigenvalue weighted by atomic mass is 35.5. The maximum atomic E-state index is 12.9. The van der Waals surface area contributed by atoms with Gasteiger partial charge in [0.1, 0.15) is 5.69 Å². The number of nitro benzene ring substituents is 1. The average molecular weight is 430 g/mol. The number of anilines is 1. The molecule has 144 valence electrons. The van der Waals surface area contributed by atoms with Crippen molar-refractivity contribution in [3.05, 3.63) is 62.6 Å². The van der Waals surface area contributed by atoms with Gasteiger partial charge in [-0.1, -0.05) is 23.2 Å². The van der Waals surface area contributed by atoms with Gasteiger partial charge in [-0.25, -0.2) is 8.42 Å². The lowest BCUT2D eigenvalue weighted by Gasteiger charge is -2.39. The summed E-state index contributed by atoms with van der Waals surface area (Å²) in [5.74, 6) is 0. The summed E-state index contributed by atoms with van der Waals surface area (Å²) in [7, 11) is -3.67. The van der Waals surface area contributed by atoms with E-state index in [1.165, 1.54) is 34.6 Å². The third-order valence-corrected chi connectivity index (χ3v) is 6.98. The van der Waals surface area contributed by atoms with Crippen LogP contribution < -0.4 is 4.90 Å². The summed E-state index contributed by atoms with van der Waals surface area (Å²) in [5.41, 5.74) is 0.337. The summed E-state index contributed by atoms with van der Waals surface area (Å²) < 4.78 is 27.2. The minimum Gasteiger partial charge on any atom is -0.363 e. The molecule has 0 saturated carbocycles. The van der Waals surface area contributed by atoms with Crippen LogP contribution in [0.1, 0.15) is 6.92 Å². The molecule has 7 nitrogen and oxygen atoms in total. The van der Waals surface area contributed by atoms with Crippen LogP contribution in [0, 0.1) is 10.1 Å². The van der Waals surface area contributed by atoms with Crippen LogP contribution in [0.2, 0.25) is 10.0 Å². The van der Waals surface area contributed by atoms with Gasteiger partial charge in [-0.05, 0) is 43.3 Å². The SMILES string of the molecule is C[C@H]1CN(c2ccc(Cl)cc2[N+](=O)[O-])CCN1S(=O)(=O)c1ccc(Cl)cc1. The van der Waals surface area contributed by atoms with Crippen molar-refractivity contribution in [1.82, 2.24) is 4.31 Å². The first-order chi connectivity index (χ1) is 12.7. The smallest absolute Gasteiger partial charge is 0.294 e. The monoisotopic (exact) mass is 429 g/mol. The Morgan fingerprint density at radius 1 is 1.07 bits per heavy atom. The molecule has 1 fully saturated rings. The molecular formula is C17H17Cl2N3O4S. The highest BCUT2D eigenvalue weighted by Crippen LogP contribution is 2.33. The maximum Gasteiger partial charge on any atom is 0.294 e. The fraction of sp³-hybridized carbons (Fsp3) is 0.294. The van der Waals surface area contributed by atoms with Crippen LogP contribution >= 0.6 is 23.2 Å². The van der Waals surface area contributed by atoms with Gasteiger partial charge in [-0.2, -0.15) is 4.31 Å². The molecule has 2 aromatic rings. The number of sulfonamides is 1. The molecule has 1 saturated heterocycles. The summed E-state index contributed by atoms with van der Waals surface area (Å²) in [6.45, 7) is 2.65. The van der Waals surface area contributed by atoms with Crippen molar-refractivity contribution >= 4 is 44.6 Å². The molecule has 0 aliphatic carbocycles. The van der Waals surface area contributed by atoms with Crippen molar-refractivity contribution in [2.45, 2.75) is 17.9 Å². The summed E-state index contributed by atoms with van der Waals surface area (Å²) in [6.07, 6.45) is 0. The van der Waals surface area contributed by atoms with E-state index in [2.05, 4.69) is 0 Å². The van der Waals surface area contributed by atoms with Crippen LogP contribution in [0.3, 0.4) is 0 Å². The Kier molecular flexibility index (Phi) is 5.62. The Hall–Kier alpha value is -1.87. The Morgan fingerprint density at radius 2 is 1.70 bits per heavy atom. The lowest BCUT2D eigenvalue weighted by atomic mass is 10.2. The van der Waals surface area contributed by atoms with E-state index in [0.717, 1.165) is 0 Å². The third-order valence-electron chi connectivity index (χ3n) is 4.46. The minimum absolute atomic E-state index is 0.0938. The van der Waals surface area contributed by atoms with Gasteiger partial charge in [0.25, 0.3) is 5.69 Å². The second-order valence-corrected chi connectivity index (χ2v) is 9.02. The normalized spacial score (nSPS) is 18.5. The molecule has 0 radical (unpaired) electrons. The number of rotatable bonds is 4. The van der Waals surface area contributed by atoms with Gasteiger partial charge in [0.2, 0.25) is 10.0 Å². The fourth-order valence-corrected chi connectivity index (χ4v) is 5.07. The van der Waals surface area contributed by atoms with Gasteiger partial charge in [0.05, 0.1) is 9.82 Å². The van der Waals surface area contributed by atoms with Crippen molar-refractivity contribution in [2.75, 3.05) is 24.5 Å². The predicted molar refractivity (Wildman–Crippen MR) is 105 cm³/mol. The Labute approximate surface area is 167 Å². The number of benzene rings is 2. The molecule has 1 heterocycles. The number of nitro groups is 1. The first kappa shape index (κ1) is 19.9. The first-order valence-corrected chi connectivity index (χ1v) is 10.4. The highest BCUT2D eigenvalue weighted by molar-refractivity contribution is 7.89. The standard InChI is InChI=1S/C17H17Cl2N3O4S/c1-12-11-20(16-7-4-14(19)10-17(16)22(23)24)8-9-21(12)27(25,26)15-5-2-13(18)3-6-15/h2-7,10,12H,8-9,11H2,1H3/t12-/m0/s1. The van der Waals surface area contributed by atoms with Gasteiger partial charge in [-0.15, -0.1) is 0 Å². The van der Waals surface area contributed by atoms with E-state index in [1.807, 2.05) is 4.90 Å². The summed E-state index contributed by atoms with van der Waals surface area (Å²) in [4.78, 5) is 12.8. The average Bonchev–Trinajstić information content (AvgIpc) is 2.61. The quantitative estimate of drug-likeness (QED) is 0.544. The number of nitrogens with zero attached hydrogens (tertiary/aromatic N) is 3. The lowest BCUT2D eigenvalue weighted by Crippen LogP contribution is -2.54. The van der Waals surface area contributed by atoms with Crippen molar-refractivity contribution in [1.29, 1.82) is 0 Å². The third kappa shape index (κ3) is 4.03. The Bertz CT molecular complexity index is 967. The van der Waals surface area contributed by atoms with Gasteiger partial charge >= 0.3 is 0 Å². The van der Waals surface area contributed by atoms with Crippen molar-refractivity contribution in [2.24, 2.45) is 0 Å². The number of hydrogen-bond acceptors (Lipinski definition) is 5. The second kappa shape index (κ2) is 7.63. The van der Waals surface area contributed by atoms with Crippen LogP contribution in [-0.2, 0) is 10.0 Å². The van der Waals surface area contributed by atoms with Crippen LogP contribution in [0.25, 0.3) is 0 Å². The second-order valence-electron chi connectivity index (χ2n) is 6.25. The van der Waals surface area contributed by atoms with Gasteiger partial charge in [0, 0.05) is 41.8 Å². The molecular weight excluding hydrogens is 413 g/mol. The molecule has 0 amide bonds. The van der Waals surface area contributed by atoms with E-state index < -0.39 is 14.9 Å². The molecule has 1 atom stereocenters. The van der Waals surface area contributed by atoms with Gasteiger partial charge in [-0.3, -0.25) is 10.1 Å². The van der Waals surface area contributed by atoms with E-state index in [4.69, 9.17) is 23.2 Å². The maximum absolute atomic E-state index is 12.9. The van der Waals surface area contributed by atoms with Crippen LogP contribution in [0.15, 0.2) is 47.4 Å². The summed E-state index contributed by atoms with van der Waals surface area (Å²) in [6, 6.07) is 10.1. The molecule has 3 rings (SSSR count). The van der Waals surface area contributed by atoms with E-state index >= 15 is 0 Å². The van der Waals surface area contributed by atoms with E-state index in [-0.39, 0.29) is 28.2 Å². The van der Waals surface area contributed by atoms with Crippen molar-refractivity contribution < 1.29 is 13.3 Å². The molecule has 2 aromatic carbocycles. The topological polar surface area (TPSA) is 83.8 Å². The number of halogens is 2. The fourth-order valence-electron chi connectivity index (χ4n) is 3.17.